The zero-order valence-corrected chi connectivity index (χ0v) is 8.47. The molecule has 3 rings (SSSR count). The first-order valence-electron chi connectivity index (χ1n) is 5.29. The summed E-state index contributed by atoms with van der Waals surface area (Å²) in [6, 6.07) is 0. The van der Waals surface area contributed by atoms with Crippen LogP contribution in [0.4, 0.5) is 5.82 Å². The molecule has 2 heterocycles. The number of hydrogen-bond acceptors (Lipinski definition) is 4. The molecule has 0 atom stereocenters. The first-order chi connectivity index (χ1) is 7.27. The number of ether oxygens (including phenoxy) is 1. The van der Waals surface area contributed by atoms with Crippen molar-refractivity contribution >= 4 is 11.7 Å². The molecule has 4 heteroatoms. The predicted octanol–water partition coefficient (Wildman–Crippen LogP) is 1.40. The molecule has 1 aromatic heterocycles. The number of nitrogens with one attached hydrogen (secondary N) is 1. The normalized spacial score (nSPS) is 18.3. The Hall–Kier alpha value is -1.58. The van der Waals surface area contributed by atoms with Crippen molar-refractivity contribution in [2.45, 2.75) is 32.3 Å². The smallest absolute Gasteiger partial charge is 0.217 e. The van der Waals surface area contributed by atoms with Gasteiger partial charge >= 0.3 is 0 Å². The molecule has 1 aliphatic carbocycles. The van der Waals surface area contributed by atoms with E-state index in [9.17, 15) is 0 Å². The molecule has 1 aromatic rings. The first kappa shape index (κ1) is 8.71. The maximum atomic E-state index is 7.65. The van der Waals surface area contributed by atoms with Gasteiger partial charge in [0.25, 0.3) is 0 Å². The lowest BCUT2D eigenvalue weighted by Crippen LogP contribution is -2.13. The summed E-state index contributed by atoms with van der Waals surface area (Å²) in [5, 5.41) is 7.65. The monoisotopic (exact) mass is 203 g/mol. The number of rotatable bonds is 0. The summed E-state index contributed by atoms with van der Waals surface area (Å²) in [5.41, 5.74) is 10.1. The van der Waals surface area contributed by atoms with E-state index in [2.05, 4.69) is 4.98 Å². The highest BCUT2D eigenvalue weighted by molar-refractivity contribution is 6.00. The Bertz CT molecular complexity index is 454. The van der Waals surface area contributed by atoms with Crippen LogP contribution in [0.1, 0.15) is 35.2 Å². The van der Waals surface area contributed by atoms with Gasteiger partial charge in [-0.2, -0.15) is 0 Å². The van der Waals surface area contributed by atoms with E-state index >= 15 is 0 Å². The maximum Gasteiger partial charge on any atom is 0.217 e. The number of aryl methyl sites for hydroxylation is 1. The summed E-state index contributed by atoms with van der Waals surface area (Å²) >= 11 is 0. The van der Waals surface area contributed by atoms with Crippen molar-refractivity contribution < 1.29 is 4.74 Å². The van der Waals surface area contributed by atoms with Crippen LogP contribution in [-0.2, 0) is 24.2 Å². The number of aromatic nitrogens is 1. The van der Waals surface area contributed by atoms with Crippen LogP contribution in [-0.4, -0.2) is 10.9 Å². The Morgan fingerprint density at radius 2 is 2.00 bits per heavy atom. The Morgan fingerprint density at radius 3 is 2.87 bits per heavy atom. The van der Waals surface area contributed by atoms with Crippen LogP contribution in [0.3, 0.4) is 0 Å². The van der Waals surface area contributed by atoms with E-state index < -0.39 is 0 Å². The summed E-state index contributed by atoms with van der Waals surface area (Å²) in [6.45, 7) is 0.503. The van der Waals surface area contributed by atoms with Crippen LogP contribution in [0.5, 0.6) is 0 Å². The molecule has 3 N–H and O–H groups in total. The summed E-state index contributed by atoms with van der Waals surface area (Å²) in [6.07, 6.45) is 4.47. The van der Waals surface area contributed by atoms with Gasteiger partial charge in [-0.3, -0.25) is 5.41 Å². The third kappa shape index (κ3) is 1.14. The van der Waals surface area contributed by atoms with Crippen molar-refractivity contribution in [2.75, 3.05) is 5.73 Å². The van der Waals surface area contributed by atoms with Gasteiger partial charge in [0.2, 0.25) is 5.90 Å². The minimum Gasteiger partial charge on any atom is -0.473 e. The molecule has 0 spiro atoms. The lowest BCUT2D eigenvalue weighted by molar-refractivity contribution is 0.309. The minimum atomic E-state index is 0.184. The van der Waals surface area contributed by atoms with E-state index in [0.29, 0.717) is 12.4 Å². The van der Waals surface area contributed by atoms with E-state index in [1.54, 1.807) is 0 Å². The molecular weight excluding hydrogens is 190 g/mol. The number of anilines is 1. The fraction of sp³-hybridized carbons (Fsp3) is 0.455. The van der Waals surface area contributed by atoms with Gasteiger partial charge in [0.1, 0.15) is 12.4 Å². The molecule has 2 aliphatic rings. The Morgan fingerprint density at radius 1 is 1.20 bits per heavy atom. The molecule has 1 aliphatic heterocycles. The zero-order chi connectivity index (χ0) is 10.4. The number of pyridine rings is 1. The molecule has 0 fully saturated rings. The van der Waals surface area contributed by atoms with Crippen LogP contribution in [0.15, 0.2) is 0 Å². The second-order valence-corrected chi connectivity index (χ2v) is 4.10. The topological polar surface area (TPSA) is 72.0 Å². The molecule has 0 saturated carbocycles. The van der Waals surface area contributed by atoms with E-state index in [0.717, 1.165) is 29.7 Å². The largest absolute Gasteiger partial charge is 0.473 e. The highest BCUT2D eigenvalue weighted by atomic mass is 16.5. The van der Waals surface area contributed by atoms with Crippen LogP contribution < -0.4 is 5.73 Å². The second-order valence-electron chi connectivity index (χ2n) is 4.10. The third-order valence-corrected chi connectivity index (χ3v) is 3.20. The summed E-state index contributed by atoms with van der Waals surface area (Å²) in [5.74, 6) is 0.650. The average molecular weight is 203 g/mol. The van der Waals surface area contributed by atoms with E-state index in [1.807, 2.05) is 0 Å². The number of hydrogen-bond donors (Lipinski definition) is 2. The number of nitrogen functional groups attached to an aromatic ring is 1. The Kier molecular flexibility index (Phi) is 1.71. The highest BCUT2D eigenvalue weighted by Crippen LogP contribution is 2.32. The van der Waals surface area contributed by atoms with E-state index in [-0.39, 0.29) is 5.90 Å². The molecule has 78 valence electrons. The van der Waals surface area contributed by atoms with Gasteiger partial charge in [-0.15, -0.1) is 0 Å². The molecule has 0 amide bonds. The zero-order valence-electron chi connectivity index (χ0n) is 8.47. The van der Waals surface area contributed by atoms with Gasteiger partial charge in [0.15, 0.2) is 0 Å². The van der Waals surface area contributed by atoms with Crippen LogP contribution in [0, 0.1) is 5.41 Å². The number of nitrogens with zero attached hydrogens (tertiary/aromatic N) is 1. The second kappa shape index (κ2) is 2.95. The van der Waals surface area contributed by atoms with Crippen molar-refractivity contribution in [3.63, 3.8) is 0 Å². The Labute approximate surface area is 88.0 Å². The highest BCUT2D eigenvalue weighted by Gasteiger charge is 2.28. The summed E-state index contributed by atoms with van der Waals surface area (Å²) in [7, 11) is 0. The van der Waals surface area contributed by atoms with E-state index in [1.165, 1.54) is 18.4 Å². The van der Waals surface area contributed by atoms with E-state index in [4.69, 9.17) is 15.9 Å². The van der Waals surface area contributed by atoms with Gasteiger partial charge < -0.3 is 10.5 Å². The first-order valence-corrected chi connectivity index (χ1v) is 5.29. The van der Waals surface area contributed by atoms with Crippen molar-refractivity contribution in [3.05, 3.63) is 22.4 Å². The van der Waals surface area contributed by atoms with Crippen LogP contribution >= 0.6 is 0 Å². The fourth-order valence-corrected chi connectivity index (χ4v) is 2.47. The van der Waals surface area contributed by atoms with Gasteiger partial charge in [0.05, 0.1) is 5.56 Å². The molecular formula is C11H13N3O. The molecule has 0 unspecified atom stereocenters. The van der Waals surface area contributed by atoms with Crippen molar-refractivity contribution in [1.82, 2.24) is 4.98 Å². The maximum absolute atomic E-state index is 7.65. The van der Waals surface area contributed by atoms with Crippen molar-refractivity contribution in [3.8, 4) is 0 Å². The molecule has 0 radical (unpaired) electrons. The van der Waals surface area contributed by atoms with Gasteiger partial charge in [-0.1, -0.05) is 0 Å². The standard InChI is InChI=1S/C11H13N3O/c12-10-9-7(5-15-11(9)13)6-3-1-2-4-8(6)14-10/h13H,1-5H2,(H2,12,14). The lowest BCUT2D eigenvalue weighted by atomic mass is 9.90. The van der Waals surface area contributed by atoms with Crippen LogP contribution in [0.25, 0.3) is 0 Å². The van der Waals surface area contributed by atoms with Gasteiger partial charge in [0, 0.05) is 11.3 Å². The summed E-state index contributed by atoms with van der Waals surface area (Å²) in [4.78, 5) is 4.39. The Balaban J connectivity index is 2.26. The van der Waals surface area contributed by atoms with Gasteiger partial charge in [-0.25, -0.2) is 4.98 Å². The summed E-state index contributed by atoms with van der Waals surface area (Å²) < 4.78 is 5.23. The quantitative estimate of drug-likeness (QED) is 0.669. The lowest BCUT2D eigenvalue weighted by Gasteiger charge is -2.17. The average Bonchev–Trinajstić information content (AvgIpc) is 2.62. The van der Waals surface area contributed by atoms with Crippen molar-refractivity contribution in [1.29, 1.82) is 5.41 Å². The fourth-order valence-electron chi connectivity index (χ4n) is 2.47. The molecule has 15 heavy (non-hydrogen) atoms. The third-order valence-electron chi connectivity index (χ3n) is 3.20. The SMILES string of the molecule is N=C1OCc2c3c(nc(N)c21)CCCC3. The van der Waals surface area contributed by atoms with Crippen molar-refractivity contribution in [2.24, 2.45) is 0 Å². The van der Waals surface area contributed by atoms with Crippen LogP contribution in [0.2, 0.25) is 0 Å². The number of fused-ring (bicyclic) bond motifs is 3. The predicted molar refractivity (Wildman–Crippen MR) is 56.9 cm³/mol. The van der Waals surface area contributed by atoms with Gasteiger partial charge in [-0.05, 0) is 31.2 Å². The molecule has 0 bridgehead atoms. The molecule has 4 nitrogen and oxygen atoms in total. The molecule has 0 aromatic carbocycles. The minimum absolute atomic E-state index is 0.184. The number of nitrogens with two attached hydrogens (primary N) is 1. The molecule has 0 saturated heterocycles.